The van der Waals surface area contributed by atoms with Crippen molar-refractivity contribution in [3.63, 3.8) is 0 Å². The molecule has 0 amide bonds. The summed E-state index contributed by atoms with van der Waals surface area (Å²) in [5, 5.41) is 9.54. The Balaban J connectivity index is 3.06. The van der Waals surface area contributed by atoms with Crippen LogP contribution in [0.1, 0.15) is 33.3 Å². The highest BCUT2D eigenvalue weighted by Gasteiger charge is 2.10. The van der Waals surface area contributed by atoms with Gasteiger partial charge in [0.05, 0.1) is 6.57 Å². The minimum atomic E-state index is -1.22. The van der Waals surface area contributed by atoms with Gasteiger partial charge in [-0.15, -0.1) is 0 Å². The van der Waals surface area contributed by atoms with E-state index in [1.807, 2.05) is 31.2 Å². The van der Waals surface area contributed by atoms with Crippen molar-refractivity contribution in [1.82, 2.24) is 0 Å². The second kappa shape index (κ2) is 9.71. The maximum atomic E-state index is 11.0. The van der Waals surface area contributed by atoms with Crippen molar-refractivity contribution in [1.29, 1.82) is 0 Å². The van der Waals surface area contributed by atoms with Crippen LogP contribution in [0.5, 0.6) is 0 Å². The molecule has 0 fully saturated rings. The molecule has 0 bridgehead atoms. The van der Waals surface area contributed by atoms with Crippen LogP contribution in [0.15, 0.2) is 53.3 Å². The molecule has 0 aromatic heterocycles. The Bertz CT molecular complexity index is 749. The number of carboxylic acid groups (broad SMARTS) is 1. The first-order valence-electron chi connectivity index (χ1n) is 8.06. The van der Waals surface area contributed by atoms with Gasteiger partial charge in [-0.3, -0.25) is 4.79 Å². The van der Waals surface area contributed by atoms with E-state index in [1.165, 1.54) is 0 Å². The van der Waals surface area contributed by atoms with Crippen molar-refractivity contribution in [3.8, 4) is 0 Å². The molecule has 5 heteroatoms. The van der Waals surface area contributed by atoms with Gasteiger partial charge in [0.15, 0.2) is 0 Å². The van der Waals surface area contributed by atoms with Gasteiger partial charge >= 0.3 is 5.97 Å². The van der Waals surface area contributed by atoms with Gasteiger partial charge in [0.2, 0.25) is 0 Å². The Kier molecular flexibility index (Phi) is 7.97. The Labute approximate surface area is 154 Å². The van der Waals surface area contributed by atoms with Gasteiger partial charge in [-0.25, -0.2) is 4.85 Å². The zero-order chi connectivity index (χ0) is 19.0. The van der Waals surface area contributed by atoms with Crippen LogP contribution in [0.25, 0.3) is 9.88 Å². The molecule has 1 N–H and O–H groups in total. The number of hydrogen-bond acceptors (Lipinski definition) is 2. The molecule has 0 saturated carbocycles. The normalized spacial score (nSPS) is 13.1. The average Bonchev–Trinajstić information content (AvgIpc) is 2.56. The molecule has 0 radical (unpaired) electrons. The Morgan fingerprint density at radius 1 is 1.20 bits per heavy atom. The quantitative estimate of drug-likeness (QED) is 0.406. The lowest BCUT2D eigenvalue weighted by molar-refractivity contribution is -0.132. The second-order valence-electron chi connectivity index (χ2n) is 5.55. The van der Waals surface area contributed by atoms with Crippen LogP contribution >= 0.6 is 11.6 Å². The molecule has 132 valence electrons. The Morgan fingerprint density at radius 2 is 1.76 bits per heavy atom. The summed E-state index contributed by atoms with van der Waals surface area (Å²) in [6, 6.07) is 7.99. The van der Waals surface area contributed by atoms with Crippen LogP contribution in [-0.4, -0.2) is 24.2 Å². The Morgan fingerprint density at radius 3 is 2.20 bits per heavy atom. The monoisotopic (exact) mass is 358 g/mol. The number of carboxylic acids is 1. The number of aliphatic carboxylic acids is 1. The molecule has 4 nitrogen and oxygen atoms in total. The van der Waals surface area contributed by atoms with Crippen LogP contribution in [0.4, 0.5) is 5.69 Å². The number of benzene rings is 1. The summed E-state index contributed by atoms with van der Waals surface area (Å²) in [7, 11) is 0. The lowest BCUT2D eigenvalue weighted by Gasteiger charge is -2.21. The lowest BCUT2D eigenvalue weighted by atomic mass is 10.1. The van der Waals surface area contributed by atoms with E-state index < -0.39 is 5.97 Å². The molecule has 0 aliphatic rings. The number of allylic oxidation sites excluding steroid dienone is 4. The molecule has 0 unspecified atom stereocenters. The molecule has 0 saturated heterocycles. The second-order valence-corrected chi connectivity index (χ2v) is 5.96. The predicted octanol–water partition coefficient (Wildman–Crippen LogP) is 5.34. The van der Waals surface area contributed by atoms with Gasteiger partial charge in [0, 0.05) is 23.8 Å². The van der Waals surface area contributed by atoms with Crippen LogP contribution in [-0.2, 0) is 4.79 Å². The summed E-state index contributed by atoms with van der Waals surface area (Å²) in [5.41, 5.74) is 2.92. The van der Waals surface area contributed by atoms with E-state index in [9.17, 15) is 4.79 Å². The van der Waals surface area contributed by atoms with E-state index in [0.29, 0.717) is 10.6 Å². The summed E-state index contributed by atoms with van der Waals surface area (Å²) in [6.45, 7) is 16.5. The number of anilines is 1. The smallest absolute Gasteiger partial charge is 0.334 e. The maximum Gasteiger partial charge on any atom is 0.334 e. The first-order chi connectivity index (χ1) is 11.8. The van der Waals surface area contributed by atoms with E-state index in [0.717, 1.165) is 29.9 Å². The minimum Gasteiger partial charge on any atom is -0.486 e. The zero-order valence-corrected chi connectivity index (χ0v) is 15.8. The molecular formula is C20H23ClN2O2. The van der Waals surface area contributed by atoms with Crippen LogP contribution in [0.2, 0.25) is 0 Å². The SMILES string of the molecule is [C-]#[N+]\C(C(=O)O)=C(C)/C=C(C)/C=C(\Cl)c1ccc(N(CC)CC)cc1. The van der Waals surface area contributed by atoms with E-state index in [4.69, 9.17) is 23.3 Å². The van der Waals surface area contributed by atoms with Crippen LogP contribution in [0.3, 0.4) is 0 Å². The van der Waals surface area contributed by atoms with Gasteiger partial charge in [0.1, 0.15) is 0 Å². The number of nitrogens with zero attached hydrogens (tertiary/aromatic N) is 2. The van der Waals surface area contributed by atoms with Gasteiger partial charge in [-0.05, 0) is 57.0 Å². The fraction of sp³-hybridized carbons (Fsp3) is 0.300. The predicted molar refractivity (Wildman–Crippen MR) is 105 cm³/mol. The summed E-state index contributed by atoms with van der Waals surface area (Å²) < 4.78 is 0. The van der Waals surface area contributed by atoms with Gasteiger partial charge in [-0.2, -0.15) is 0 Å². The summed E-state index contributed by atoms with van der Waals surface area (Å²) in [6.07, 6.45) is 3.41. The van der Waals surface area contributed by atoms with Gasteiger partial charge in [-0.1, -0.05) is 35.4 Å². The molecule has 0 heterocycles. The van der Waals surface area contributed by atoms with Gasteiger partial charge < -0.3 is 10.0 Å². The highest BCUT2D eigenvalue weighted by Crippen LogP contribution is 2.24. The van der Waals surface area contributed by atoms with Gasteiger partial charge in [0.25, 0.3) is 5.70 Å². The summed E-state index contributed by atoms with van der Waals surface area (Å²) >= 11 is 6.37. The van der Waals surface area contributed by atoms with Crippen molar-refractivity contribution < 1.29 is 9.90 Å². The molecule has 1 aromatic carbocycles. The molecule has 0 atom stereocenters. The molecule has 0 aliphatic heterocycles. The fourth-order valence-corrected chi connectivity index (χ4v) is 2.76. The van der Waals surface area contributed by atoms with Crippen LogP contribution in [0, 0.1) is 6.57 Å². The third-order valence-electron chi connectivity index (χ3n) is 3.76. The van der Waals surface area contributed by atoms with Crippen molar-refractivity contribution in [2.75, 3.05) is 18.0 Å². The molecule has 25 heavy (non-hydrogen) atoms. The summed E-state index contributed by atoms with van der Waals surface area (Å²) in [4.78, 5) is 16.3. The highest BCUT2D eigenvalue weighted by molar-refractivity contribution is 6.49. The molecule has 1 rings (SSSR count). The van der Waals surface area contributed by atoms with E-state index in [-0.39, 0.29) is 5.70 Å². The lowest BCUT2D eigenvalue weighted by Crippen LogP contribution is -2.21. The number of rotatable bonds is 7. The highest BCUT2D eigenvalue weighted by atomic mass is 35.5. The maximum absolute atomic E-state index is 11.0. The van der Waals surface area contributed by atoms with E-state index in [1.54, 1.807) is 19.1 Å². The zero-order valence-electron chi connectivity index (χ0n) is 15.0. The number of carbonyl (C=O) groups is 1. The van der Waals surface area contributed by atoms with Crippen molar-refractivity contribution in [3.05, 3.63) is 70.2 Å². The molecule has 0 spiro atoms. The first kappa shape index (κ1) is 20.5. The third kappa shape index (κ3) is 5.81. The average molecular weight is 359 g/mol. The minimum absolute atomic E-state index is 0.285. The van der Waals surface area contributed by atoms with Crippen LogP contribution < -0.4 is 4.90 Å². The molecule has 0 aliphatic carbocycles. The third-order valence-corrected chi connectivity index (χ3v) is 4.09. The molecule has 1 aromatic rings. The topological polar surface area (TPSA) is 44.9 Å². The number of hydrogen-bond donors (Lipinski definition) is 1. The van der Waals surface area contributed by atoms with Crippen molar-refractivity contribution in [2.45, 2.75) is 27.7 Å². The first-order valence-corrected chi connectivity index (χ1v) is 8.44. The summed E-state index contributed by atoms with van der Waals surface area (Å²) in [5.74, 6) is -1.22. The van der Waals surface area contributed by atoms with Crippen molar-refractivity contribution in [2.24, 2.45) is 0 Å². The standard InChI is InChI=1S/C20H23ClN2O2/c1-6-23(7-2)17-10-8-16(9-11-17)18(21)13-14(3)12-15(4)19(22-5)20(24)25/h8-13H,6-7H2,1-4H3,(H,24,25)/b14-12+,18-13-,19-15-. The van der Waals surface area contributed by atoms with E-state index >= 15 is 0 Å². The molecular weight excluding hydrogens is 336 g/mol. The largest absolute Gasteiger partial charge is 0.486 e. The van der Waals surface area contributed by atoms with E-state index in [2.05, 4.69) is 23.6 Å². The van der Waals surface area contributed by atoms with Crippen molar-refractivity contribution >= 4 is 28.3 Å². The fourth-order valence-electron chi connectivity index (χ4n) is 2.46. The number of halogens is 1. The Hall–Kier alpha value is -2.51.